The summed E-state index contributed by atoms with van der Waals surface area (Å²) >= 11 is 0. The van der Waals surface area contributed by atoms with E-state index in [1.807, 2.05) is 13.0 Å². The van der Waals surface area contributed by atoms with Gasteiger partial charge in [0.15, 0.2) is 5.78 Å². The van der Waals surface area contributed by atoms with Crippen LogP contribution in [0.25, 0.3) is 0 Å². The number of aliphatic hydroxyl groups excluding tert-OH is 1. The van der Waals surface area contributed by atoms with Crippen LogP contribution in [0.15, 0.2) is 11.6 Å². The molecule has 0 saturated heterocycles. The van der Waals surface area contributed by atoms with Crippen molar-refractivity contribution < 1.29 is 9.90 Å². The van der Waals surface area contributed by atoms with Gasteiger partial charge in [-0.05, 0) is 92.4 Å². The van der Waals surface area contributed by atoms with Crippen molar-refractivity contribution in [2.75, 3.05) is 0 Å². The van der Waals surface area contributed by atoms with Crippen LogP contribution in [0.5, 0.6) is 0 Å². The topological polar surface area (TPSA) is 37.3 Å². The van der Waals surface area contributed by atoms with E-state index in [-0.39, 0.29) is 11.5 Å². The number of aliphatic hydroxyl groups is 1. The minimum absolute atomic E-state index is 0.163. The fourth-order valence-electron chi connectivity index (χ4n) is 7.39. The Kier molecular flexibility index (Phi) is 3.58. The van der Waals surface area contributed by atoms with E-state index in [2.05, 4.69) is 13.8 Å². The van der Waals surface area contributed by atoms with Gasteiger partial charge in [-0.1, -0.05) is 19.4 Å². The molecule has 0 unspecified atom stereocenters. The second kappa shape index (κ2) is 5.18. The Morgan fingerprint density at radius 3 is 2.61 bits per heavy atom. The van der Waals surface area contributed by atoms with Crippen LogP contribution >= 0.6 is 0 Å². The van der Waals surface area contributed by atoms with Crippen molar-refractivity contribution in [3.05, 3.63) is 11.6 Å². The summed E-state index contributed by atoms with van der Waals surface area (Å²) in [4.78, 5) is 11.9. The zero-order valence-corrected chi connectivity index (χ0v) is 15.0. The summed E-state index contributed by atoms with van der Waals surface area (Å²) in [5, 5.41) is 10.3. The summed E-state index contributed by atoms with van der Waals surface area (Å²) in [5.41, 5.74) is 2.09. The summed E-state index contributed by atoms with van der Waals surface area (Å²) in [6.45, 7) is 6.92. The Morgan fingerprint density at radius 2 is 1.87 bits per heavy atom. The van der Waals surface area contributed by atoms with E-state index >= 15 is 0 Å². The molecule has 0 amide bonds. The van der Waals surface area contributed by atoms with Crippen LogP contribution in [0.4, 0.5) is 0 Å². The van der Waals surface area contributed by atoms with E-state index in [1.54, 1.807) is 0 Å². The summed E-state index contributed by atoms with van der Waals surface area (Å²) < 4.78 is 0. The minimum Gasteiger partial charge on any atom is -0.393 e. The molecule has 128 valence electrons. The summed E-state index contributed by atoms with van der Waals surface area (Å²) in [6, 6.07) is 0. The standard InChI is InChI=1S/C21H32O2/c1-13(22)17-6-7-18-16-5-4-14-12-15(23)8-10-20(14,2)19(16)9-11-21(17,18)3/h12-13,16-19,22H,4-11H2,1-3H3/t13-,16-,17+,18-,19-,20-,21+/m1/s1. The quantitative estimate of drug-likeness (QED) is 0.772. The van der Waals surface area contributed by atoms with E-state index in [0.29, 0.717) is 17.1 Å². The smallest absolute Gasteiger partial charge is 0.155 e. The fourth-order valence-corrected chi connectivity index (χ4v) is 7.39. The highest BCUT2D eigenvalue weighted by molar-refractivity contribution is 5.91. The maximum absolute atomic E-state index is 11.9. The third-order valence-electron chi connectivity index (χ3n) is 8.62. The first kappa shape index (κ1) is 15.9. The van der Waals surface area contributed by atoms with Crippen LogP contribution in [0.3, 0.4) is 0 Å². The Bertz CT molecular complexity index is 548. The number of ketones is 1. The first-order valence-electron chi connectivity index (χ1n) is 9.78. The predicted octanol–water partition coefficient (Wildman–Crippen LogP) is 4.52. The third-order valence-corrected chi connectivity index (χ3v) is 8.62. The van der Waals surface area contributed by atoms with Gasteiger partial charge in [0.05, 0.1) is 6.10 Å². The van der Waals surface area contributed by atoms with E-state index in [4.69, 9.17) is 0 Å². The highest BCUT2D eigenvalue weighted by atomic mass is 16.3. The third kappa shape index (κ3) is 2.13. The van der Waals surface area contributed by atoms with Gasteiger partial charge in [0, 0.05) is 6.42 Å². The van der Waals surface area contributed by atoms with Crippen LogP contribution in [0, 0.1) is 34.5 Å². The molecule has 0 radical (unpaired) electrons. The average molecular weight is 316 g/mol. The Hall–Kier alpha value is -0.630. The van der Waals surface area contributed by atoms with Crippen molar-refractivity contribution in [2.45, 2.75) is 78.2 Å². The maximum Gasteiger partial charge on any atom is 0.155 e. The molecule has 4 aliphatic carbocycles. The van der Waals surface area contributed by atoms with Crippen LogP contribution in [0.1, 0.15) is 72.1 Å². The van der Waals surface area contributed by atoms with E-state index in [0.717, 1.165) is 37.0 Å². The maximum atomic E-state index is 11.9. The second-order valence-corrected chi connectivity index (χ2v) is 9.44. The lowest BCUT2D eigenvalue weighted by Crippen LogP contribution is -2.51. The summed E-state index contributed by atoms with van der Waals surface area (Å²) in [7, 11) is 0. The van der Waals surface area contributed by atoms with Crippen LogP contribution in [-0.2, 0) is 4.79 Å². The zero-order chi connectivity index (χ0) is 16.4. The Labute approximate surface area is 140 Å². The average Bonchev–Trinajstić information content (AvgIpc) is 2.85. The number of rotatable bonds is 1. The molecule has 0 heterocycles. The lowest BCUT2D eigenvalue weighted by molar-refractivity contribution is -0.117. The highest BCUT2D eigenvalue weighted by Gasteiger charge is 2.59. The van der Waals surface area contributed by atoms with E-state index in [1.165, 1.54) is 37.7 Å². The van der Waals surface area contributed by atoms with E-state index in [9.17, 15) is 9.90 Å². The fraction of sp³-hybridized carbons (Fsp3) is 0.857. The number of hydrogen-bond donors (Lipinski definition) is 1. The lowest BCUT2D eigenvalue weighted by Gasteiger charge is -2.58. The van der Waals surface area contributed by atoms with Gasteiger partial charge in [0.25, 0.3) is 0 Å². The van der Waals surface area contributed by atoms with Crippen molar-refractivity contribution in [1.82, 2.24) is 0 Å². The molecule has 0 aliphatic heterocycles. The number of carbonyl (C=O) groups excluding carboxylic acids is 1. The van der Waals surface area contributed by atoms with Crippen LogP contribution < -0.4 is 0 Å². The molecule has 0 aromatic heterocycles. The Balaban J connectivity index is 1.66. The largest absolute Gasteiger partial charge is 0.393 e. The SMILES string of the molecule is C[C@@H](O)[C@@H]1CC[C@@H]2[C@H]3CCC4=CC(=O)CC[C@@]4(C)[C@@H]3CC[C@]21C. The monoisotopic (exact) mass is 316 g/mol. The van der Waals surface area contributed by atoms with Gasteiger partial charge in [0.1, 0.15) is 0 Å². The first-order chi connectivity index (χ1) is 10.9. The number of fused-ring (bicyclic) bond motifs is 5. The highest BCUT2D eigenvalue weighted by Crippen LogP contribution is 2.66. The van der Waals surface area contributed by atoms with Crippen molar-refractivity contribution in [3.63, 3.8) is 0 Å². The molecule has 23 heavy (non-hydrogen) atoms. The Morgan fingerprint density at radius 1 is 1.09 bits per heavy atom. The van der Waals surface area contributed by atoms with E-state index < -0.39 is 0 Å². The number of allylic oxidation sites excluding steroid dienone is 1. The summed E-state index contributed by atoms with van der Waals surface area (Å²) in [6.07, 6.45) is 11.1. The molecule has 1 N–H and O–H groups in total. The molecule has 4 aliphatic rings. The van der Waals surface area contributed by atoms with Gasteiger partial charge in [-0.3, -0.25) is 4.79 Å². The molecule has 7 atom stereocenters. The predicted molar refractivity (Wildman–Crippen MR) is 91.9 cm³/mol. The van der Waals surface area contributed by atoms with Gasteiger partial charge in [0.2, 0.25) is 0 Å². The molecule has 0 spiro atoms. The molecule has 3 fully saturated rings. The zero-order valence-electron chi connectivity index (χ0n) is 15.0. The molecule has 4 rings (SSSR count). The van der Waals surface area contributed by atoms with Crippen molar-refractivity contribution in [3.8, 4) is 0 Å². The molecule has 0 bridgehead atoms. The van der Waals surface area contributed by atoms with Gasteiger partial charge in [-0.25, -0.2) is 0 Å². The lowest BCUT2D eigenvalue weighted by atomic mass is 9.46. The first-order valence-corrected chi connectivity index (χ1v) is 9.78. The number of hydrogen-bond acceptors (Lipinski definition) is 2. The van der Waals surface area contributed by atoms with Gasteiger partial charge < -0.3 is 5.11 Å². The summed E-state index contributed by atoms with van der Waals surface area (Å²) in [5.74, 6) is 3.21. The van der Waals surface area contributed by atoms with Crippen LogP contribution in [0.2, 0.25) is 0 Å². The minimum atomic E-state index is -0.163. The van der Waals surface area contributed by atoms with Gasteiger partial charge in [-0.15, -0.1) is 0 Å². The molecule has 0 aromatic rings. The number of carbonyl (C=O) groups is 1. The van der Waals surface area contributed by atoms with Crippen molar-refractivity contribution in [1.29, 1.82) is 0 Å². The molecular formula is C21H32O2. The van der Waals surface area contributed by atoms with Crippen LogP contribution in [-0.4, -0.2) is 17.0 Å². The van der Waals surface area contributed by atoms with Crippen molar-refractivity contribution >= 4 is 5.78 Å². The van der Waals surface area contributed by atoms with Crippen molar-refractivity contribution in [2.24, 2.45) is 34.5 Å². The molecule has 3 saturated carbocycles. The molecule has 0 aromatic carbocycles. The van der Waals surface area contributed by atoms with Gasteiger partial charge in [-0.2, -0.15) is 0 Å². The normalized spacial score (nSPS) is 50.6. The molecule has 2 nitrogen and oxygen atoms in total. The second-order valence-electron chi connectivity index (χ2n) is 9.44. The molecular weight excluding hydrogens is 284 g/mol. The molecule has 2 heteroatoms. The van der Waals surface area contributed by atoms with Gasteiger partial charge >= 0.3 is 0 Å².